The quantitative estimate of drug-likeness (QED) is 0.555. The highest BCUT2D eigenvalue weighted by atomic mass is 32.2. The molecule has 0 aliphatic carbocycles. The van der Waals surface area contributed by atoms with E-state index in [1.54, 1.807) is 11.8 Å². The molecule has 1 saturated heterocycles. The van der Waals surface area contributed by atoms with Gasteiger partial charge < -0.3 is 19.4 Å². The number of benzene rings is 1. The van der Waals surface area contributed by atoms with E-state index in [1.165, 1.54) is 4.90 Å². The van der Waals surface area contributed by atoms with E-state index in [1.807, 2.05) is 72.9 Å². The summed E-state index contributed by atoms with van der Waals surface area (Å²) in [6.45, 7) is 13.8. The number of nitrogens with one attached hydrogen (secondary N) is 1. The van der Waals surface area contributed by atoms with Gasteiger partial charge in [0, 0.05) is 11.4 Å². The van der Waals surface area contributed by atoms with E-state index in [-0.39, 0.29) is 6.54 Å². The number of thioether (sulfide) groups is 1. The summed E-state index contributed by atoms with van der Waals surface area (Å²) in [5, 5.41) is 2.83. The first-order valence-corrected chi connectivity index (χ1v) is 10.7. The van der Waals surface area contributed by atoms with Gasteiger partial charge >= 0.3 is 13.2 Å². The molecule has 0 spiro atoms. The third-order valence-corrected chi connectivity index (χ3v) is 5.56. The van der Waals surface area contributed by atoms with Gasteiger partial charge in [-0.2, -0.15) is 0 Å². The first-order valence-electron chi connectivity index (χ1n) is 9.50. The van der Waals surface area contributed by atoms with Crippen molar-refractivity contribution < 1.29 is 18.8 Å². The average Bonchev–Trinajstić information content (AvgIpc) is 2.77. The van der Waals surface area contributed by atoms with Crippen LogP contribution < -0.4 is 5.32 Å². The predicted octanol–water partition coefficient (Wildman–Crippen LogP) is 4.95. The number of carbonyl (C=O) groups is 1. The molecular formula is C21H32BNO4S. The fourth-order valence-corrected chi connectivity index (χ4v) is 3.10. The Hall–Kier alpha value is -1.44. The number of rotatable bonds is 5. The van der Waals surface area contributed by atoms with Crippen molar-refractivity contribution in [2.75, 3.05) is 12.8 Å². The second-order valence-corrected chi connectivity index (χ2v) is 9.82. The lowest BCUT2D eigenvalue weighted by atomic mass is 9.77. The van der Waals surface area contributed by atoms with E-state index in [0.29, 0.717) is 0 Å². The number of hydrogen-bond acceptors (Lipinski definition) is 5. The summed E-state index contributed by atoms with van der Waals surface area (Å²) < 4.78 is 17.8. The van der Waals surface area contributed by atoms with Crippen LogP contribution in [0.1, 0.15) is 54.0 Å². The van der Waals surface area contributed by atoms with Crippen LogP contribution in [0.4, 0.5) is 4.79 Å². The van der Waals surface area contributed by atoms with Crippen LogP contribution in [0.2, 0.25) is 0 Å². The summed E-state index contributed by atoms with van der Waals surface area (Å²) in [6.07, 6.45) is 3.59. The largest absolute Gasteiger partial charge is 0.492 e. The Bertz CT molecular complexity index is 724. The lowest BCUT2D eigenvalue weighted by Crippen LogP contribution is -2.41. The molecule has 0 radical (unpaired) electrons. The van der Waals surface area contributed by atoms with Gasteiger partial charge in [-0.15, -0.1) is 11.8 Å². The standard InChI is InChI=1S/C21H32BNO4S/c1-19(2,3)25-18(24)23-14-16(12-15-10-9-11-17(13-15)28-8)22-26-20(4,5)21(6,7)27-22/h9-13H,14H2,1-8H3,(H,23,24). The fraction of sp³-hybridized carbons (Fsp3) is 0.571. The highest BCUT2D eigenvalue weighted by Crippen LogP contribution is 2.38. The minimum atomic E-state index is -0.551. The van der Waals surface area contributed by atoms with Crippen LogP contribution in [0.15, 0.2) is 34.6 Å². The average molecular weight is 405 g/mol. The van der Waals surface area contributed by atoms with Gasteiger partial charge in [-0.05, 0) is 77.9 Å². The van der Waals surface area contributed by atoms with Gasteiger partial charge in [0.05, 0.1) is 11.2 Å². The van der Waals surface area contributed by atoms with Gasteiger partial charge in [-0.25, -0.2) is 4.79 Å². The summed E-state index contributed by atoms with van der Waals surface area (Å²) >= 11 is 1.68. The Balaban J connectivity index is 2.26. The maximum atomic E-state index is 12.1. The Morgan fingerprint density at radius 2 is 1.82 bits per heavy atom. The molecule has 7 heteroatoms. The van der Waals surface area contributed by atoms with Crippen molar-refractivity contribution in [2.24, 2.45) is 0 Å². The monoisotopic (exact) mass is 405 g/mol. The zero-order valence-electron chi connectivity index (χ0n) is 18.2. The second kappa shape index (κ2) is 8.51. The number of hydrogen-bond donors (Lipinski definition) is 1. The Labute approximate surface area is 173 Å². The van der Waals surface area contributed by atoms with Crippen molar-refractivity contribution in [1.29, 1.82) is 0 Å². The van der Waals surface area contributed by atoms with Crippen LogP contribution in [0.25, 0.3) is 6.08 Å². The molecule has 5 nitrogen and oxygen atoms in total. The molecule has 1 aromatic rings. The summed E-state index contributed by atoms with van der Waals surface area (Å²) in [5.41, 5.74) is 0.406. The zero-order valence-corrected chi connectivity index (χ0v) is 19.0. The number of ether oxygens (including phenoxy) is 1. The van der Waals surface area contributed by atoms with Gasteiger partial charge in [0.15, 0.2) is 0 Å². The maximum Gasteiger partial charge on any atom is 0.492 e. The lowest BCUT2D eigenvalue weighted by molar-refractivity contribution is 0.00578. The topological polar surface area (TPSA) is 56.8 Å². The molecule has 1 aromatic carbocycles. The zero-order chi connectivity index (χ0) is 21.2. The summed E-state index contributed by atoms with van der Waals surface area (Å²) in [5.74, 6) is 0. The molecule has 1 fully saturated rings. The number of alkyl carbamates (subject to hydrolysis) is 1. The third-order valence-electron chi connectivity index (χ3n) is 4.84. The van der Waals surface area contributed by atoms with Crippen molar-refractivity contribution in [1.82, 2.24) is 5.32 Å². The van der Waals surface area contributed by atoms with E-state index in [0.717, 1.165) is 11.0 Å². The molecule has 0 atom stereocenters. The van der Waals surface area contributed by atoms with Crippen LogP contribution in [-0.2, 0) is 14.0 Å². The van der Waals surface area contributed by atoms with Crippen LogP contribution in [0.5, 0.6) is 0 Å². The van der Waals surface area contributed by atoms with Gasteiger partial charge in [0.1, 0.15) is 5.60 Å². The molecule has 0 bridgehead atoms. The minimum Gasteiger partial charge on any atom is -0.444 e. The summed E-state index contributed by atoms with van der Waals surface area (Å²) in [4.78, 5) is 13.3. The van der Waals surface area contributed by atoms with Gasteiger partial charge in [-0.3, -0.25) is 0 Å². The predicted molar refractivity (Wildman–Crippen MR) is 117 cm³/mol. The molecule has 1 aliphatic heterocycles. The minimum absolute atomic E-state index is 0.273. The van der Waals surface area contributed by atoms with E-state index in [4.69, 9.17) is 14.0 Å². The molecular weight excluding hydrogens is 373 g/mol. The van der Waals surface area contributed by atoms with Crippen molar-refractivity contribution in [3.63, 3.8) is 0 Å². The highest BCUT2D eigenvalue weighted by Gasteiger charge is 2.52. The molecule has 0 aromatic heterocycles. The SMILES string of the molecule is CSc1cccc(C=C(CNC(=O)OC(C)(C)C)B2OC(C)(C)C(C)(C)O2)c1. The van der Waals surface area contributed by atoms with Crippen LogP contribution in [-0.4, -0.2) is 42.8 Å². The number of amides is 1. The summed E-state index contributed by atoms with van der Waals surface area (Å²) in [6, 6.07) is 8.21. The summed E-state index contributed by atoms with van der Waals surface area (Å²) in [7, 11) is -0.544. The van der Waals surface area contributed by atoms with Crippen molar-refractivity contribution in [3.05, 3.63) is 35.3 Å². The van der Waals surface area contributed by atoms with E-state index in [9.17, 15) is 4.79 Å². The van der Waals surface area contributed by atoms with Crippen LogP contribution >= 0.6 is 11.8 Å². The molecule has 1 amide bonds. The van der Waals surface area contributed by atoms with Gasteiger partial charge in [0.25, 0.3) is 0 Å². The maximum absolute atomic E-state index is 12.1. The molecule has 28 heavy (non-hydrogen) atoms. The lowest BCUT2D eigenvalue weighted by Gasteiger charge is -2.32. The van der Waals surface area contributed by atoms with E-state index < -0.39 is 30.0 Å². The van der Waals surface area contributed by atoms with Crippen molar-refractivity contribution in [2.45, 2.75) is 70.2 Å². The van der Waals surface area contributed by atoms with Crippen LogP contribution in [0, 0.1) is 0 Å². The highest BCUT2D eigenvalue weighted by molar-refractivity contribution is 7.98. The number of carbonyl (C=O) groups excluding carboxylic acids is 1. The smallest absolute Gasteiger partial charge is 0.444 e. The first-order chi connectivity index (χ1) is 12.8. The molecule has 1 N–H and O–H groups in total. The fourth-order valence-electron chi connectivity index (χ4n) is 2.63. The van der Waals surface area contributed by atoms with Crippen molar-refractivity contribution >= 4 is 31.0 Å². The van der Waals surface area contributed by atoms with Crippen LogP contribution in [0.3, 0.4) is 0 Å². The Morgan fingerprint density at radius 1 is 1.21 bits per heavy atom. The Morgan fingerprint density at radius 3 is 2.36 bits per heavy atom. The Kier molecular flexibility index (Phi) is 6.95. The first kappa shape index (κ1) is 22.8. The molecule has 1 aliphatic rings. The normalized spacial score (nSPS) is 18.9. The molecule has 0 unspecified atom stereocenters. The van der Waals surface area contributed by atoms with Gasteiger partial charge in [-0.1, -0.05) is 18.2 Å². The van der Waals surface area contributed by atoms with Gasteiger partial charge in [0.2, 0.25) is 0 Å². The molecule has 0 saturated carbocycles. The van der Waals surface area contributed by atoms with E-state index >= 15 is 0 Å². The molecule has 154 valence electrons. The van der Waals surface area contributed by atoms with E-state index in [2.05, 4.69) is 17.4 Å². The van der Waals surface area contributed by atoms with Crippen molar-refractivity contribution in [3.8, 4) is 0 Å². The second-order valence-electron chi connectivity index (χ2n) is 8.94. The molecule has 1 heterocycles. The molecule has 2 rings (SSSR count). The third kappa shape index (κ3) is 6.03.